The van der Waals surface area contributed by atoms with E-state index in [1.807, 2.05) is 32.9 Å². The van der Waals surface area contributed by atoms with Crippen molar-refractivity contribution in [2.75, 3.05) is 26.4 Å². The molecule has 0 aliphatic heterocycles. The standard InChI is InChI=1S/C18H30ClNO3/c1-5-9-23-18-12-16(19)15(11-17(18)21-6-2)13-20-8-7-10-22-14(3)4/h11-12,14,20H,5-10,13H2,1-4H3. The van der Waals surface area contributed by atoms with E-state index in [1.54, 1.807) is 0 Å². The second-order valence-electron chi connectivity index (χ2n) is 5.62. The van der Waals surface area contributed by atoms with Crippen molar-refractivity contribution in [2.24, 2.45) is 0 Å². The number of halogens is 1. The van der Waals surface area contributed by atoms with E-state index in [-0.39, 0.29) is 6.10 Å². The summed E-state index contributed by atoms with van der Waals surface area (Å²) in [5.41, 5.74) is 1.02. The summed E-state index contributed by atoms with van der Waals surface area (Å²) in [4.78, 5) is 0. The van der Waals surface area contributed by atoms with Crippen molar-refractivity contribution in [1.82, 2.24) is 5.32 Å². The van der Waals surface area contributed by atoms with E-state index in [4.69, 9.17) is 25.8 Å². The summed E-state index contributed by atoms with van der Waals surface area (Å²) in [6, 6.07) is 3.82. The molecule has 1 N–H and O–H groups in total. The predicted octanol–water partition coefficient (Wildman–Crippen LogP) is 4.43. The van der Waals surface area contributed by atoms with E-state index >= 15 is 0 Å². The molecule has 0 amide bonds. The van der Waals surface area contributed by atoms with Crippen molar-refractivity contribution in [2.45, 2.75) is 53.2 Å². The van der Waals surface area contributed by atoms with E-state index in [2.05, 4.69) is 12.2 Å². The summed E-state index contributed by atoms with van der Waals surface area (Å²) >= 11 is 6.36. The lowest BCUT2D eigenvalue weighted by molar-refractivity contribution is 0.0770. The van der Waals surface area contributed by atoms with Gasteiger partial charge in [-0.1, -0.05) is 18.5 Å². The molecule has 0 atom stereocenters. The van der Waals surface area contributed by atoms with Crippen LogP contribution in [0.15, 0.2) is 12.1 Å². The Morgan fingerprint density at radius 1 is 1.09 bits per heavy atom. The van der Waals surface area contributed by atoms with Gasteiger partial charge in [0.05, 0.1) is 19.3 Å². The van der Waals surface area contributed by atoms with Crippen LogP contribution >= 0.6 is 11.6 Å². The van der Waals surface area contributed by atoms with Crippen LogP contribution in [0.5, 0.6) is 11.5 Å². The zero-order valence-electron chi connectivity index (χ0n) is 14.8. The highest BCUT2D eigenvalue weighted by Crippen LogP contribution is 2.33. The van der Waals surface area contributed by atoms with Crippen LogP contribution in [0.3, 0.4) is 0 Å². The molecule has 0 bridgehead atoms. The summed E-state index contributed by atoms with van der Waals surface area (Å²) in [6.45, 7) is 11.7. The molecule has 0 saturated carbocycles. The molecule has 0 heterocycles. The molecule has 1 aromatic carbocycles. The Hall–Kier alpha value is -0.970. The highest BCUT2D eigenvalue weighted by Gasteiger charge is 2.11. The number of hydrogen-bond donors (Lipinski definition) is 1. The lowest BCUT2D eigenvalue weighted by Gasteiger charge is -2.15. The number of rotatable bonds is 12. The van der Waals surface area contributed by atoms with E-state index in [0.29, 0.717) is 30.5 Å². The van der Waals surface area contributed by atoms with Gasteiger partial charge in [-0.25, -0.2) is 0 Å². The highest BCUT2D eigenvalue weighted by atomic mass is 35.5. The number of hydrogen-bond acceptors (Lipinski definition) is 4. The molecule has 0 aliphatic rings. The van der Waals surface area contributed by atoms with Gasteiger partial charge in [-0.15, -0.1) is 0 Å². The lowest BCUT2D eigenvalue weighted by Crippen LogP contribution is -2.17. The Bertz CT molecular complexity index is 452. The van der Waals surface area contributed by atoms with E-state index in [9.17, 15) is 0 Å². The van der Waals surface area contributed by atoms with Gasteiger partial charge in [0.15, 0.2) is 11.5 Å². The van der Waals surface area contributed by atoms with E-state index in [1.165, 1.54) is 0 Å². The molecule has 23 heavy (non-hydrogen) atoms. The molecule has 0 aromatic heterocycles. The lowest BCUT2D eigenvalue weighted by atomic mass is 10.2. The van der Waals surface area contributed by atoms with Crippen molar-refractivity contribution in [3.05, 3.63) is 22.7 Å². The van der Waals surface area contributed by atoms with Gasteiger partial charge in [-0.2, -0.15) is 0 Å². The quantitative estimate of drug-likeness (QED) is 0.570. The van der Waals surface area contributed by atoms with Crippen molar-refractivity contribution < 1.29 is 14.2 Å². The van der Waals surface area contributed by atoms with Gasteiger partial charge < -0.3 is 19.5 Å². The molecule has 0 fully saturated rings. The zero-order chi connectivity index (χ0) is 17.1. The van der Waals surface area contributed by atoms with Gasteiger partial charge in [0.2, 0.25) is 0 Å². The summed E-state index contributed by atoms with van der Waals surface area (Å²) in [5, 5.41) is 4.09. The van der Waals surface area contributed by atoms with Crippen LogP contribution < -0.4 is 14.8 Å². The summed E-state index contributed by atoms with van der Waals surface area (Å²) < 4.78 is 16.9. The predicted molar refractivity (Wildman–Crippen MR) is 95.8 cm³/mol. The van der Waals surface area contributed by atoms with Crippen LogP contribution in [0.4, 0.5) is 0 Å². The second-order valence-corrected chi connectivity index (χ2v) is 6.03. The molecule has 5 heteroatoms. The minimum absolute atomic E-state index is 0.286. The maximum Gasteiger partial charge on any atom is 0.162 e. The monoisotopic (exact) mass is 343 g/mol. The maximum absolute atomic E-state index is 6.36. The SMILES string of the molecule is CCCOc1cc(Cl)c(CNCCCOC(C)C)cc1OCC. The summed E-state index contributed by atoms with van der Waals surface area (Å²) in [5.74, 6) is 1.47. The minimum Gasteiger partial charge on any atom is -0.490 e. The van der Waals surface area contributed by atoms with Gasteiger partial charge >= 0.3 is 0 Å². The first-order valence-corrected chi connectivity index (χ1v) is 8.86. The van der Waals surface area contributed by atoms with Crippen molar-refractivity contribution in [3.8, 4) is 11.5 Å². The van der Waals surface area contributed by atoms with Crippen LogP contribution in [0.2, 0.25) is 5.02 Å². The third-order valence-electron chi connectivity index (χ3n) is 3.14. The maximum atomic E-state index is 6.36. The molecule has 0 saturated heterocycles. The van der Waals surface area contributed by atoms with Gasteiger partial charge in [-0.05, 0) is 51.8 Å². The number of ether oxygens (including phenoxy) is 3. The molecule has 0 radical (unpaired) electrons. The van der Waals surface area contributed by atoms with Crippen LogP contribution in [0.25, 0.3) is 0 Å². The van der Waals surface area contributed by atoms with Crippen molar-refractivity contribution in [3.63, 3.8) is 0 Å². The smallest absolute Gasteiger partial charge is 0.162 e. The van der Waals surface area contributed by atoms with Crippen molar-refractivity contribution in [1.29, 1.82) is 0 Å². The molecule has 0 unspecified atom stereocenters. The Kier molecular flexibility index (Phi) is 10.1. The zero-order valence-corrected chi connectivity index (χ0v) is 15.5. The fourth-order valence-electron chi connectivity index (χ4n) is 2.05. The largest absolute Gasteiger partial charge is 0.490 e. The fourth-order valence-corrected chi connectivity index (χ4v) is 2.27. The highest BCUT2D eigenvalue weighted by molar-refractivity contribution is 6.31. The first-order chi connectivity index (χ1) is 11.1. The molecule has 1 aromatic rings. The summed E-state index contributed by atoms with van der Waals surface area (Å²) in [7, 11) is 0. The minimum atomic E-state index is 0.286. The molecule has 0 spiro atoms. The topological polar surface area (TPSA) is 39.7 Å². The molecular formula is C18H30ClNO3. The normalized spacial score (nSPS) is 11.0. The van der Waals surface area contributed by atoms with E-state index in [0.717, 1.165) is 37.3 Å². The van der Waals surface area contributed by atoms with Gasteiger partial charge in [0.1, 0.15) is 0 Å². The third kappa shape index (κ3) is 7.91. The van der Waals surface area contributed by atoms with Crippen LogP contribution in [0, 0.1) is 0 Å². The Balaban J connectivity index is 2.55. The van der Waals surface area contributed by atoms with Crippen LogP contribution in [0.1, 0.15) is 46.1 Å². The fraction of sp³-hybridized carbons (Fsp3) is 0.667. The molecule has 0 aliphatic carbocycles. The molecule has 4 nitrogen and oxygen atoms in total. The Morgan fingerprint density at radius 3 is 2.48 bits per heavy atom. The average molecular weight is 344 g/mol. The molecule has 1 rings (SSSR count). The Morgan fingerprint density at radius 2 is 1.83 bits per heavy atom. The van der Waals surface area contributed by atoms with E-state index < -0.39 is 0 Å². The number of nitrogens with one attached hydrogen (secondary N) is 1. The second kappa shape index (κ2) is 11.5. The average Bonchev–Trinajstić information content (AvgIpc) is 2.51. The van der Waals surface area contributed by atoms with Gasteiger partial charge in [0.25, 0.3) is 0 Å². The summed E-state index contributed by atoms with van der Waals surface area (Å²) in [6.07, 6.45) is 2.21. The van der Waals surface area contributed by atoms with Gasteiger partial charge in [-0.3, -0.25) is 0 Å². The first kappa shape index (κ1) is 20.1. The van der Waals surface area contributed by atoms with Crippen molar-refractivity contribution >= 4 is 11.6 Å². The number of benzene rings is 1. The first-order valence-electron chi connectivity index (χ1n) is 8.48. The molecular weight excluding hydrogens is 314 g/mol. The Labute approximate surface area is 145 Å². The van der Waals surface area contributed by atoms with Gasteiger partial charge in [0, 0.05) is 24.2 Å². The third-order valence-corrected chi connectivity index (χ3v) is 3.49. The molecule has 132 valence electrons. The van der Waals surface area contributed by atoms with Crippen LogP contribution in [-0.4, -0.2) is 32.5 Å². The van der Waals surface area contributed by atoms with Crippen LogP contribution in [-0.2, 0) is 11.3 Å².